The molecule has 1 aliphatic rings. The fraction of sp³-hybridized carbons (Fsp3) is 0.278. The minimum absolute atomic E-state index is 0.0187. The largest absolute Gasteiger partial charge is 0.484 e. The molecule has 2 aromatic rings. The van der Waals surface area contributed by atoms with Crippen LogP contribution in [0.4, 0.5) is 23.7 Å². The number of benzene rings is 2. The van der Waals surface area contributed by atoms with Gasteiger partial charge in [0.2, 0.25) is 0 Å². The summed E-state index contributed by atoms with van der Waals surface area (Å²) >= 11 is 0. The predicted octanol–water partition coefficient (Wildman–Crippen LogP) is 3.60. The Morgan fingerprint density at radius 2 is 1.96 bits per heavy atom. The minimum atomic E-state index is -4.55. The van der Waals surface area contributed by atoms with Gasteiger partial charge in [0.15, 0.2) is 0 Å². The molecule has 0 aliphatic carbocycles. The van der Waals surface area contributed by atoms with Crippen molar-refractivity contribution >= 4 is 11.8 Å². The average Bonchev–Trinajstić information content (AvgIpc) is 2.64. The van der Waals surface area contributed by atoms with Gasteiger partial charge in [0.25, 0.3) is 0 Å². The highest BCUT2D eigenvalue weighted by atomic mass is 19.4. The van der Waals surface area contributed by atoms with Crippen LogP contribution in [0.3, 0.4) is 0 Å². The van der Waals surface area contributed by atoms with E-state index in [-0.39, 0.29) is 31.2 Å². The summed E-state index contributed by atoms with van der Waals surface area (Å²) in [5.41, 5.74) is -0.192. The van der Waals surface area contributed by atoms with Crippen molar-refractivity contribution in [2.75, 3.05) is 18.1 Å². The maximum atomic E-state index is 13.0. The molecule has 1 heterocycles. The Labute approximate surface area is 147 Å². The number of rotatable bonds is 3. The van der Waals surface area contributed by atoms with Crippen molar-refractivity contribution < 1.29 is 32.5 Å². The van der Waals surface area contributed by atoms with Gasteiger partial charge in [-0.2, -0.15) is 13.2 Å². The Morgan fingerprint density at radius 1 is 1.23 bits per heavy atom. The molecular weight excluding hydrogens is 351 g/mol. The molecule has 3 rings (SSSR count). The number of aliphatic hydroxyl groups is 1. The first-order chi connectivity index (χ1) is 12.4. The van der Waals surface area contributed by atoms with E-state index in [0.717, 1.165) is 28.7 Å². The van der Waals surface area contributed by atoms with E-state index < -0.39 is 23.9 Å². The number of hydrogen-bond acceptors (Lipinski definition) is 4. The van der Waals surface area contributed by atoms with E-state index in [1.807, 2.05) is 6.07 Å². The summed E-state index contributed by atoms with van der Waals surface area (Å²) in [6, 6.07) is 11.7. The molecule has 2 aromatic carbocycles. The Kier molecular flexibility index (Phi) is 5.03. The molecule has 0 radical (unpaired) electrons. The lowest BCUT2D eigenvalue weighted by atomic mass is 10.1. The lowest BCUT2D eigenvalue weighted by molar-refractivity contribution is -0.137. The van der Waals surface area contributed by atoms with E-state index in [2.05, 4.69) is 0 Å². The molecule has 8 heteroatoms. The third-order valence-electron chi connectivity index (χ3n) is 3.89. The Balaban J connectivity index is 1.85. The van der Waals surface area contributed by atoms with Crippen molar-refractivity contribution in [1.82, 2.24) is 0 Å². The maximum Gasteiger partial charge on any atom is 0.416 e. The average molecular weight is 367 g/mol. The summed E-state index contributed by atoms with van der Waals surface area (Å²) in [7, 11) is 0. The van der Waals surface area contributed by atoms with Crippen LogP contribution in [0, 0.1) is 0 Å². The molecule has 0 aromatic heterocycles. The van der Waals surface area contributed by atoms with Crippen LogP contribution in [-0.4, -0.2) is 30.5 Å². The molecule has 0 fully saturated rings. The lowest BCUT2D eigenvalue weighted by Crippen LogP contribution is -2.45. The molecule has 1 unspecified atom stereocenters. The Bertz CT molecular complexity index is 780. The second-order valence-corrected chi connectivity index (χ2v) is 5.75. The van der Waals surface area contributed by atoms with Crippen molar-refractivity contribution in [3.05, 3.63) is 59.7 Å². The monoisotopic (exact) mass is 367 g/mol. The molecule has 0 spiro atoms. The van der Waals surface area contributed by atoms with Crippen LogP contribution < -0.4 is 9.64 Å². The van der Waals surface area contributed by atoms with E-state index in [9.17, 15) is 23.1 Å². The summed E-state index contributed by atoms with van der Waals surface area (Å²) in [5, 5.41) is 9.32. The molecule has 1 aliphatic heterocycles. The standard InChI is InChI=1S/C18H16F3NO4/c19-18(20,21)13-6-7-16-15(8-13)22(9-14(10-23)26-16)17(24)25-11-12-4-2-1-3-5-12/h1-8,14,23H,9-11H2. The molecule has 1 atom stereocenters. The summed E-state index contributed by atoms with van der Waals surface area (Å²) in [6.07, 6.45) is -6.11. The number of carbonyl (C=O) groups is 1. The van der Waals surface area contributed by atoms with Crippen LogP contribution in [0.5, 0.6) is 5.75 Å². The number of hydrogen-bond donors (Lipinski definition) is 1. The van der Waals surface area contributed by atoms with Crippen LogP contribution in [0.2, 0.25) is 0 Å². The van der Waals surface area contributed by atoms with E-state index >= 15 is 0 Å². The molecule has 0 saturated heterocycles. The number of ether oxygens (including phenoxy) is 2. The van der Waals surface area contributed by atoms with Crippen LogP contribution in [0.25, 0.3) is 0 Å². The number of carbonyl (C=O) groups excluding carboxylic acids is 1. The second-order valence-electron chi connectivity index (χ2n) is 5.75. The van der Waals surface area contributed by atoms with Gasteiger partial charge in [0.1, 0.15) is 18.5 Å². The highest BCUT2D eigenvalue weighted by molar-refractivity contribution is 5.90. The van der Waals surface area contributed by atoms with Crippen molar-refractivity contribution in [2.24, 2.45) is 0 Å². The number of anilines is 1. The maximum absolute atomic E-state index is 13.0. The van der Waals surface area contributed by atoms with Gasteiger partial charge in [-0.25, -0.2) is 4.79 Å². The topological polar surface area (TPSA) is 59.0 Å². The number of amides is 1. The summed E-state index contributed by atoms with van der Waals surface area (Å²) in [5.74, 6) is 0.0833. The highest BCUT2D eigenvalue weighted by Gasteiger charge is 2.36. The van der Waals surface area contributed by atoms with E-state index in [0.29, 0.717) is 0 Å². The molecule has 5 nitrogen and oxygen atoms in total. The molecule has 26 heavy (non-hydrogen) atoms. The SMILES string of the molecule is O=C(OCc1ccccc1)N1CC(CO)Oc2ccc(C(F)(F)F)cc21. The second kappa shape index (κ2) is 7.25. The van der Waals surface area contributed by atoms with Crippen LogP contribution >= 0.6 is 0 Å². The van der Waals surface area contributed by atoms with Gasteiger partial charge in [-0.05, 0) is 23.8 Å². The fourth-order valence-electron chi connectivity index (χ4n) is 2.59. The molecular formula is C18H16F3NO4. The Hall–Kier alpha value is -2.74. The normalized spacial score (nSPS) is 16.6. The van der Waals surface area contributed by atoms with Gasteiger partial charge >= 0.3 is 12.3 Å². The first kappa shape index (κ1) is 18.1. The quantitative estimate of drug-likeness (QED) is 0.901. The van der Waals surface area contributed by atoms with Crippen molar-refractivity contribution in [3.63, 3.8) is 0 Å². The predicted molar refractivity (Wildman–Crippen MR) is 86.9 cm³/mol. The summed E-state index contributed by atoms with van der Waals surface area (Å²) < 4.78 is 49.6. The van der Waals surface area contributed by atoms with Crippen LogP contribution in [0.15, 0.2) is 48.5 Å². The first-order valence-electron chi connectivity index (χ1n) is 7.85. The summed E-state index contributed by atoms with van der Waals surface area (Å²) in [6.45, 7) is -0.517. The van der Waals surface area contributed by atoms with Crippen LogP contribution in [0.1, 0.15) is 11.1 Å². The Morgan fingerprint density at radius 3 is 2.62 bits per heavy atom. The van der Waals surface area contributed by atoms with Gasteiger partial charge < -0.3 is 14.6 Å². The van der Waals surface area contributed by atoms with Crippen molar-refractivity contribution in [1.29, 1.82) is 0 Å². The molecule has 1 N–H and O–H groups in total. The molecule has 138 valence electrons. The first-order valence-corrected chi connectivity index (χ1v) is 7.85. The molecule has 0 bridgehead atoms. The van der Waals surface area contributed by atoms with Crippen molar-refractivity contribution in [2.45, 2.75) is 18.9 Å². The number of halogens is 3. The lowest BCUT2D eigenvalue weighted by Gasteiger charge is -2.33. The zero-order chi connectivity index (χ0) is 18.7. The fourth-order valence-corrected chi connectivity index (χ4v) is 2.59. The van der Waals surface area contributed by atoms with Gasteiger partial charge in [0.05, 0.1) is 24.4 Å². The van der Waals surface area contributed by atoms with E-state index in [4.69, 9.17) is 9.47 Å². The molecule has 0 saturated carbocycles. The van der Waals surface area contributed by atoms with Gasteiger partial charge in [-0.1, -0.05) is 30.3 Å². The third kappa shape index (κ3) is 3.91. The van der Waals surface area contributed by atoms with Gasteiger partial charge in [-0.3, -0.25) is 4.90 Å². The number of nitrogens with zero attached hydrogens (tertiary/aromatic N) is 1. The summed E-state index contributed by atoms with van der Waals surface area (Å²) in [4.78, 5) is 13.5. The zero-order valence-corrected chi connectivity index (χ0v) is 13.6. The highest BCUT2D eigenvalue weighted by Crippen LogP contribution is 2.39. The van der Waals surface area contributed by atoms with Crippen LogP contribution in [-0.2, 0) is 17.5 Å². The van der Waals surface area contributed by atoms with Crippen molar-refractivity contribution in [3.8, 4) is 5.75 Å². The minimum Gasteiger partial charge on any atom is -0.484 e. The van der Waals surface area contributed by atoms with E-state index in [1.165, 1.54) is 0 Å². The third-order valence-corrected chi connectivity index (χ3v) is 3.89. The van der Waals surface area contributed by atoms with E-state index in [1.54, 1.807) is 24.3 Å². The number of alkyl halides is 3. The van der Waals surface area contributed by atoms with Gasteiger partial charge in [-0.15, -0.1) is 0 Å². The molecule has 1 amide bonds. The number of fused-ring (bicyclic) bond motifs is 1. The van der Waals surface area contributed by atoms with Gasteiger partial charge in [0, 0.05) is 0 Å². The number of aliphatic hydroxyl groups excluding tert-OH is 1. The smallest absolute Gasteiger partial charge is 0.416 e. The zero-order valence-electron chi connectivity index (χ0n) is 13.6.